The SMILES string of the molecule is CC1CCC(c2c(-c3ccc(C(=O)O)cc3)c3c(O)cccc3n2-c2ccc(F)cc2)CC1. The van der Waals surface area contributed by atoms with Crippen molar-refractivity contribution in [2.75, 3.05) is 0 Å². The Bertz CT molecular complexity index is 1310. The molecule has 33 heavy (non-hydrogen) atoms. The van der Waals surface area contributed by atoms with Gasteiger partial charge >= 0.3 is 5.97 Å². The van der Waals surface area contributed by atoms with E-state index >= 15 is 0 Å². The highest BCUT2D eigenvalue weighted by Crippen LogP contribution is 2.48. The highest BCUT2D eigenvalue weighted by atomic mass is 19.1. The Hall–Kier alpha value is -3.60. The van der Waals surface area contributed by atoms with Gasteiger partial charge in [0.05, 0.1) is 11.1 Å². The summed E-state index contributed by atoms with van der Waals surface area (Å²) < 4.78 is 15.9. The zero-order valence-corrected chi connectivity index (χ0v) is 18.5. The second kappa shape index (κ2) is 8.39. The second-order valence-corrected chi connectivity index (χ2v) is 9.08. The molecule has 4 nitrogen and oxygen atoms in total. The fourth-order valence-electron chi connectivity index (χ4n) is 5.20. The molecular formula is C28H26FNO3. The van der Waals surface area contributed by atoms with Crippen LogP contribution in [0.5, 0.6) is 5.75 Å². The van der Waals surface area contributed by atoms with Gasteiger partial charge in [0.15, 0.2) is 0 Å². The predicted octanol–water partition coefficient (Wildman–Crippen LogP) is 7.13. The first kappa shape index (κ1) is 21.3. The minimum Gasteiger partial charge on any atom is -0.507 e. The zero-order valence-electron chi connectivity index (χ0n) is 18.5. The number of hydrogen-bond donors (Lipinski definition) is 2. The lowest BCUT2D eigenvalue weighted by Crippen LogP contribution is -2.15. The smallest absolute Gasteiger partial charge is 0.335 e. The summed E-state index contributed by atoms with van der Waals surface area (Å²) >= 11 is 0. The third-order valence-electron chi connectivity index (χ3n) is 6.92. The summed E-state index contributed by atoms with van der Waals surface area (Å²) in [5.74, 6) is -0.143. The van der Waals surface area contributed by atoms with E-state index in [1.807, 2.05) is 24.3 Å². The normalized spacial score (nSPS) is 18.5. The summed E-state index contributed by atoms with van der Waals surface area (Å²) in [6.07, 6.45) is 4.30. The van der Waals surface area contributed by atoms with Gasteiger partial charge in [-0.1, -0.05) is 38.0 Å². The van der Waals surface area contributed by atoms with Crippen molar-refractivity contribution in [2.24, 2.45) is 5.92 Å². The van der Waals surface area contributed by atoms with Crippen LogP contribution in [-0.2, 0) is 0 Å². The number of benzene rings is 3. The molecule has 3 aromatic carbocycles. The van der Waals surface area contributed by atoms with Crippen LogP contribution in [0.3, 0.4) is 0 Å². The quantitative estimate of drug-likeness (QED) is 0.352. The monoisotopic (exact) mass is 443 g/mol. The molecule has 2 N–H and O–H groups in total. The summed E-state index contributed by atoms with van der Waals surface area (Å²) in [6.45, 7) is 2.28. The van der Waals surface area contributed by atoms with Crippen LogP contribution in [-0.4, -0.2) is 20.7 Å². The van der Waals surface area contributed by atoms with Gasteiger partial charge in [-0.3, -0.25) is 0 Å². The number of phenolic OH excluding ortho intramolecular Hbond substituents is 1. The second-order valence-electron chi connectivity index (χ2n) is 9.08. The largest absolute Gasteiger partial charge is 0.507 e. The molecule has 0 radical (unpaired) electrons. The summed E-state index contributed by atoms with van der Waals surface area (Å²) in [6, 6.07) is 18.8. The van der Waals surface area contributed by atoms with Crippen LogP contribution >= 0.6 is 0 Å². The van der Waals surface area contributed by atoms with Crippen molar-refractivity contribution in [2.45, 2.75) is 38.5 Å². The Balaban J connectivity index is 1.83. The van der Waals surface area contributed by atoms with Crippen molar-refractivity contribution < 1.29 is 19.4 Å². The molecule has 1 saturated carbocycles. The predicted molar refractivity (Wildman–Crippen MR) is 128 cm³/mol. The lowest BCUT2D eigenvalue weighted by Gasteiger charge is -2.28. The third kappa shape index (κ3) is 3.78. The van der Waals surface area contributed by atoms with Gasteiger partial charge in [0.1, 0.15) is 11.6 Å². The maximum Gasteiger partial charge on any atom is 0.335 e. The van der Waals surface area contributed by atoms with Crippen LogP contribution in [0.4, 0.5) is 4.39 Å². The van der Waals surface area contributed by atoms with Gasteiger partial charge in [-0.25, -0.2) is 9.18 Å². The molecule has 0 spiro atoms. The number of carbonyl (C=O) groups is 1. The number of rotatable bonds is 4. The molecule has 0 amide bonds. The maximum atomic E-state index is 13.8. The molecule has 168 valence electrons. The highest BCUT2D eigenvalue weighted by Gasteiger charge is 2.30. The Kier molecular flexibility index (Phi) is 5.41. The number of carboxylic acids is 1. The van der Waals surface area contributed by atoms with Crippen LogP contribution in [0.2, 0.25) is 0 Å². The van der Waals surface area contributed by atoms with E-state index in [4.69, 9.17) is 0 Å². The number of aromatic hydroxyl groups is 1. The average Bonchev–Trinajstić information content (AvgIpc) is 3.16. The van der Waals surface area contributed by atoms with Gasteiger partial charge in [-0.05, 0) is 72.9 Å². The van der Waals surface area contributed by atoms with Crippen molar-refractivity contribution in [1.29, 1.82) is 0 Å². The van der Waals surface area contributed by atoms with E-state index in [0.29, 0.717) is 5.92 Å². The zero-order chi connectivity index (χ0) is 23.1. The summed E-state index contributed by atoms with van der Waals surface area (Å²) in [5, 5.41) is 21.0. The van der Waals surface area contributed by atoms with Crippen LogP contribution in [0.1, 0.15) is 54.6 Å². The molecule has 0 bridgehead atoms. The Morgan fingerprint density at radius 2 is 1.61 bits per heavy atom. The number of nitrogens with zero attached hydrogens (tertiary/aromatic N) is 1. The molecule has 1 aliphatic carbocycles. The number of halogens is 1. The number of aromatic nitrogens is 1. The lowest BCUT2D eigenvalue weighted by molar-refractivity contribution is 0.0697. The van der Waals surface area contributed by atoms with E-state index in [2.05, 4.69) is 11.5 Å². The fraction of sp³-hybridized carbons (Fsp3) is 0.250. The Labute approximate surface area is 191 Å². The molecule has 1 heterocycles. The molecule has 5 rings (SSSR count). The van der Waals surface area contributed by atoms with E-state index in [1.54, 1.807) is 30.3 Å². The van der Waals surface area contributed by atoms with Gasteiger partial charge in [-0.15, -0.1) is 0 Å². The minimum absolute atomic E-state index is 0.177. The molecule has 0 unspecified atom stereocenters. The number of carboxylic acid groups (broad SMARTS) is 1. The van der Waals surface area contributed by atoms with Crippen LogP contribution in [0, 0.1) is 11.7 Å². The highest BCUT2D eigenvalue weighted by molar-refractivity contribution is 6.03. The Morgan fingerprint density at radius 3 is 2.24 bits per heavy atom. The van der Waals surface area contributed by atoms with Crippen molar-refractivity contribution in [1.82, 2.24) is 4.57 Å². The summed E-state index contributed by atoms with van der Waals surface area (Å²) in [5.41, 5.74) is 4.79. The third-order valence-corrected chi connectivity index (χ3v) is 6.92. The summed E-state index contributed by atoms with van der Waals surface area (Å²) in [4.78, 5) is 11.4. The fourth-order valence-corrected chi connectivity index (χ4v) is 5.20. The van der Waals surface area contributed by atoms with E-state index in [-0.39, 0.29) is 23.0 Å². The van der Waals surface area contributed by atoms with Gasteiger partial charge in [0.25, 0.3) is 0 Å². The van der Waals surface area contributed by atoms with Crippen molar-refractivity contribution in [3.63, 3.8) is 0 Å². The standard InChI is InChI=1S/C28H26FNO3/c1-17-5-7-19(8-6-17)27-25(18-9-11-20(12-10-18)28(32)33)26-23(3-2-4-24(26)31)30(27)22-15-13-21(29)14-16-22/h2-4,9-17,19,31H,5-8H2,1H3,(H,32,33). The number of hydrogen-bond acceptors (Lipinski definition) is 2. The lowest BCUT2D eigenvalue weighted by atomic mass is 9.79. The number of phenols is 1. The van der Waals surface area contributed by atoms with Crippen molar-refractivity contribution in [3.8, 4) is 22.6 Å². The molecule has 4 aromatic rings. The van der Waals surface area contributed by atoms with Crippen LogP contribution in [0.25, 0.3) is 27.7 Å². The number of fused-ring (bicyclic) bond motifs is 1. The minimum atomic E-state index is -0.973. The molecule has 1 aliphatic rings. The van der Waals surface area contributed by atoms with Crippen molar-refractivity contribution >= 4 is 16.9 Å². The molecule has 1 fully saturated rings. The average molecular weight is 444 g/mol. The number of aromatic carboxylic acids is 1. The van der Waals surface area contributed by atoms with E-state index in [9.17, 15) is 19.4 Å². The molecule has 0 aliphatic heterocycles. The molecular weight excluding hydrogens is 417 g/mol. The van der Waals surface area contributed by atoms with E-state index in [0.717, 1.165) is 59.1 Å². The van der Waals surface area contributed by atoms with Gasteiger partial charge in [-0.2, -0.15) is 0 Å². The molecule has 5 heteroatoms. The first-order chi connectivity index (χ1) is 15.9. The van der Waals surface area contributed by atoms with E-state index in [1.165, 1.54) is 12.1 Å². The van der Waals surface area contributed by atoms with Gasteiger partial charge in [0.2, 0.25) is 0 Å². The summed E-state index contributed by atoms with van der Waals surface area (Å²) in [7, 11) is 0. The van der Waals surface area contributed by atoms with Crippen LogP contribution < -0.4 is 0 Å². The first-order valence-electron chi connectivity index (χ1n) is 11.4. The van der Waals surface area contributed by atoms with Crippen molar-refractivity contribution in [3.05, 3.63) is 83.8 Å². The first-order valence-corrected chi connectivity index (χ1v) is 11.4. The van der Waals surface area contributed by atoms with Gasteiger partial charge in [0, 0.05) is 28.2 Å². The topological polar surface area (TPSA) is 62.5 Å². The van der Waals surface area contributed by atoms with E-state index < -0.39 is 5.97 Å². The van der Waals surface area contributed by atoms with Crippen LogP contribution in [0.15, 0.2) is 66.7 Å². The Morgan fingerprint density at radius 1 is 0.939 bits per heavy atom. The van der Waals surface area contributed by atoms with Gasteiger partial charge < -0.3 is 14.8 Å². The molecule has 1 aromatic heterocycles. The maximum absolute atomic E-state index is 13.8. The molecule has 0 atom stereocenters. The molecule has 0 saturated heterocycles.